The van der Waals surface area contributed by atoms with Crippen LogP contribution >= 0.6 is 23.4 Å². The fourth-order valence-corrected chi connectivity index (χ4v) is 3.73. The van der Waals surface area contributed by atoms with Gasteiger partial charge in [-0.25, -0.2) is 5.43 Å². The lowest BCUT2D eigenvalue weighted by Gasteiger charge is -2.25. The lowest BCUT2D eigenvalue weighted by molar-refractivity contribution is -0.118. The molecule has 2 aromatic rings. The zero-order chi connectivity index (χ0) is 19.0. The van der Waals surface area contributed by atoms with Gasteiger partial charge in [-0.3, -0.25) is 4.79 Å². The lowest BCUT2D eigenvalue weighted by Crippen LogP contribution is -2.25. The second kappa shape index (κ2) is 9.79. The fraction of sp³-hybridized carbons (Fsp3) is 0.333. The van der Waals surface area contributed by atoms with Crippen LogP contribution in [0.2, 0.25) is 5.02 Å². The minimum Gasteiger partial charge on any atom is -0.272 e. The highest BCUT2D eigenvalue weighted by atomic mass is 35.5. The van der Waals surface area contributed by atoms with Crippen LogP contribution in [0.1, 0.15) is 38.3 Å². The Morgan fingerprint density at radius 2 is 1.88 bits per heavy atom. The summed E-state index contributed by atoms with van der Waals surface area (Å²) in [6.07, 6.45) is 0.785. The van der Waals surface area contributed by atoms with Gasteiger partial charge in [0.2, 0.25) is 5.91 Å². The van der Waals surface area contributed by atoms with E-state index in [0.717, 1.165) is 23.4 Å². The van der Waals surface area contributed by atoms with Gasteiger partial charge in [0.05, 0.1) is 5.75 Å². The SMILES string of the molecule is C/C(CC(C)(C)c1ccccc1)=N/NC(=O)CSCc1cccc(Cl)c1. The van der Waals surface area contributed by atoms with Crippen LogP contribution in [0.25, 0.3) is 0 Å². The Bertz CT molecular complexity index is 760. The van der Waals surface area contributed by atoms with Crippen LogP contribution in [0, 0.1) is 0 Å². The maximum Gasteiger partial charge on any atom is 0.250 e. The zero-order valence-corrected chi connectivity index (χ0v) is 17.0. The Morgan fingerprint density at radius 3 is 2.58 bits per heavy atom. The number of nitrogens with one attached hydrogen (secondary N) is 1. The molecular weight excluding hydrogens is 364 g/mol. The summed E-state index contributed by atoms with van der Waals surface area (Å²) in [6.45, 7) is 6.32. The van der Waals surface area contributed by atoms with Crippen LogP contribution in [-0.2, 0) is 16.0 Å². The van der Waals surface area contributed by atoms with Crippen molar-refractivity contribution >= 4 is 35.0 Å². The second-order valence-electron chi connectivity index (χ2n) is 6.93. The molecule has 1 N–H and O–H groups in total. The van der Waals surface area contributed by atoms with E-state index in [-0.39, 0.29) is 11.3 Å². The van der Waals surface area contributed by atoms with E-state index < -0.39 is 0 Å². The molecule has 0 saturated heterocycles. The van der Waals surface area contributed by atoms with Crippen molar-refractivity contribution in [2.75, 3.05) is 5.75 Å². The minimum atomic E-state index is -0.0890. The first-order valence-corrected chi connectivity index (χ1v) is 10.1. The number of rotatable bonds is 8. The van der Waals surface area contributed by atoms with Gasteiger partial charge in [-0.15, -0.1) is 11.8 Å². The molecule has 0 aromatic heterocycles. The number of hydrogen-bond donors (Lipinski definition) is 1. The molecule has 0 saturated carbocycles. The summed E-state index contributed by atoms with van der Waals surface area (Å²) >= 11 is 7.51. The average molecular weight is 389 g/mol. The van der Waals surface area contributed by atoms with Gasteiger partial charge >= 0.3 is 0 Å². The van der Waals surface area contributed by atoms with Gasteiger partial charge in [0.15, 0.2) is 0 Å². The summed E-state index contributed by atoms with van der Waals surface area (Å²) in [5.74, 6) is 1.03. The third-order valence-electron chi connectivity index (χ3n) is 4.02. The molecule has 2 aromatic carbocycles. The Hall–Kier alpha value is -1.78. The number of benzene rings is 2. The third kappa shape index (κ3) is 6.85. The monoisotopic (exact) mass is 388 g/mol. The number of carbonyl (C=O) groups excluding carboxylic acids is 1. The van der Waals surface area contributed by atoms with Gasteiger partial charge in [-0.05, 0) is 42.0 Å². The summed E-state index contributed by atoms with van der Waals surface area (Å²) in [6, 6.07) is 18.0. The van der Waals surface area contributed by atoms with Crippen molar-refractivity contribution in [1.29, 1.82) is 0 Å². The molecule has 0 bridgehead atoms. The van der Waals surface area contributed by atoms with Gasteiger partial charge in [-0.2, -0.15) is 5.10 Å². The largest absolute Gasteiger partial charge is 0.272 e. The number of nitrogens with zero attached hydrogens (tertiary/aromatic N) is 1. The predicted octanol–water partition coefficient (Wildman–Crippen LogP) is 5.43. The molecule has 3 nitrogen and oxygen atoms in total. The molecule has 0 fully saturated rings. The summed E-state index contributed by atoms with van der Waals surface area (Å²) in [7, 11) is 0. The number of thioether (sulfide) groups is 1. The Morgan fingerprint density at radius 1 is 1.15 bits per heavy atom. The molecule has 5 heteroatoms. The van der Waals surface area contributed by atoms with Crippen LogP contribution in [0.3, 0.4) is 0 Å². The summed E-state index contributed by atoms with van der Waals surface area (Å²) in [5.41, 5.74) is 5.91. The van der Waals surface area contributed by atoms with E-state index >= 15 is 0 Å². The van der Waals surface area contributed by atoms with Crippen molar-refractivity contribution in [3.63, 3.8) is 0 Å². The van der Waals surface area contributed by atoms with E-state index in [9.17, 15) is 4.79 Å². The molecule has 0 spiro atoms. The van der Waals surface area contributed by atoms with Gasteiger partial charge in [0, 0.05) is 16.5 Å². The van der Waals surface area contributed by atoms with Gasteiger partial charge in [0.25, 0.3) is 0 Å². The van der Waals surface area contributed by atoms with Gasteiger partial charge in [-0.1, -0.05) is 67.9 Å². The first-order chi connectivity index (χ1) is 12.4. The quantitative estimate of drug-likeness (QED) is 0.483. The Balaban J connectivity index is 1.78. The Labute approximate surface area is 165 Å². The highest BCUT2D eigenvalue weighted by molar-refractivity contribution is 7.99. The molecule has 0 aliphatic heterocycles. The highest BCUT2D eigenvalue weighted by Gasteiger charge is 2.21. The van der Waals surface area contributed by atoms with E-state index in [4.69, 9.17) is 11.6 Å². The van der Waals surface area contributed by atoms with Gasteiger partial charge < -0.3 is 0 Å². The average Bonchev–Trinajstić information content (AvgIpc) is 2.60. The van der Waals surface area contributed by atoms with Crippen molar-refractivity contribution in [2.45, 2.75) is 38.4 Å². The molecular formula is C21H25ClN2OS. The van der Waals surface area contributed by atoms with Crippen LogP contribution in [-0.4, -0.2) is 17.4 Å². The molecule has 0 radical (unpaired) electrons. The van der Waals surface area contributed by atoms with Crippen molar-refractivity contribution in [3.8, 4) is 0 Å². The van der Waals surface area contributed by atoms with E-state index in [2.05, 4.69) is 36.5 Å². The van der Waals surface area contributed by atoms with E-state index in [1.807, 2.05) is 49.4 Å². The molecule has 138 valence electrons. The number of carbonyl (C=O) groups is 1. The van der Waals surface area contributed by atoms with Crippen molar-refractivity contribution in [2.24, 2.45) is 5.10 Å². The maximum atomic E-state index is 12.0. The van der Waals surface area contributed by atoms with Crippen LogP contribution in [0.4, 0.5) is 0 Å². The number of hydrazone groups is 1. The standard InChI is InChI=1S/C21H25ClN2OS/c1-16(13-21(2,3)18-9-5-4-6-10-18)23-24-20(25)15-26-14-17-8-7-11-19(22)12-17/h4-12H,13-15H2,1-3H3,(H,24,25)/b23-16-. The Kier molecular flexibility index (Phi) is 7.73. The first kappa shape index (κ1) is 20.5. The smallest absolute Gasteiger partial charge is 0.250 e. The van der Waals surface area contributed by atoms with E-state index in [1.165, 1.54) is 5.56 Å². The number of amides is 1. The number of hydrogen-bond acceptors (Lipinski definition) is 3. The molecule has 2 rings (SSSR count). The summed E-state index contributed by atoms with van der Waals surface area (Å²) < 4.78 is 0. The molecule has 0 aliphatic rings. The normalized spacial score (nSPS) is 12.1. The molecule has 0 aliphatic carbocycles. The maximum absolute atomic E-state index is 12.0. The van der Waals surface area contributed by atoms with E-state index in [0.29, 0.717) is 10.8 Å². The highest BCUT2D eigenvalue weighted by Crippen LogP contribution is 2.27. The van der Waals surface area contributed by atoms with Crippen molar-refractivity contribution < 1.29 is 4.79 Å². The molecule has 26 heavy (non-hydrogen) atoms. The fourth-order valence-electron chi connectivity index (χ4n) is 2.75. The molecule has 0 unspecified atom stereocenters. The number of halogens is 1. The third-order valence-corrected chi connectivity index (χ3v) is 5.25. The molecule has 0 heterocycles. The zero-order valence-electron chi connectivity index (χ0n) is 15.5. The summed E-state index contributed by atoms with van der Waals surface area (Å²) in [5, 5.41) is 4.97. The molecule has 0 atom stereocenters. The van der Waals surface area contributed by atoms with Crippen LogP contribution < -0.4 is 5.43 Å². The predicted molar refractivity (Wildman–Crippen MR) is 113 cm³/mol. The second-order valence-corrected chi connectivity index (χ2v) is 8.35. The van der Waals surface area contributed by atoms with Gasteiger partial charge in [0.1, 0.15) is 0 Å². The molecule has 1 amide bonds. The van der Waals surface area contributed by atoms with Crippen molar-refractivity contribution in [1.82, 2.24) is 5.43 Å². The lowest BCUT2D eigenvalue weighted by atomic mass is 9.80. The van der Waals surface area contributed by atoms with Crippen LogP contribution in [0.5, 0.6) is 0 Å². The van der Waals surface area contributed by atoms with Crippen LogP contribution in [0.15, 0.2) is 59.7 Å². The van der Waals surface area contributed by atoms with E-state index in [1.54, 1.807) is 11.8 Å². The minimum absolute atomic E-state index is 0.0269. The topological polar surface area (TPSA) is 41.5 Å². The first-order valence-electron chi connectivity index (χ1n) is 8.56. The van der Waals surface area contributed by atoms with Crippen molar-refractivity contribution in [3.05, 3.63) is 70.7 Å². The summed E-state index contributed by atoms with van der Waals surface area (Å²) in [4.78, 5) is 12.0.